The summed E-state index contributed by atoms with van der Waals surface area (Å²) in [6.07, 6.45) is 1.88. The lowest BCUT2D eigenvalue weighted by Crippen LogP contribution is -2.62. The van der Waals surface area contributed by atoms with Crippen molar-refractivity contribution in [2.45, 2.75) is 64.6 Å². The Balaban J connectivity index is 2.14. The lowest BCUT2D eigenvalue weighted by Gasteiger charge is -2.46. The summed E-state index contributed by atoms with van der Waals surface area (Å²) >= 11 is 3.49. The van der Waals surface area contributed by atoms with Crippen molar-refractivity contribution >= 4 is 21.8 Å². The van der Waals surface area contributed by atoms with E-state index in [0.29, 0.717) is 0 Å². The predicted octanol–water partition coefficient (Wildman–Crippen LogP) is 3.80. The van der Waals surface area contributed by atoms with Gasteiger partial charge in [-0.3, -0.25) is 4.79 Å². The Labute approximate surface area is 136 Å². The number of halogens is 1. The lowest BCUT2D eigenvalue weighted by atomic mass is 9.79. The Morgan fingerprint density at radius 3 is 2.38 bits per heavy atom. The van der Waals surface area contributed by atoms with Crippen LogP contribution in [0.4, 0.5) is 0 Å². The monoisotopic (exact) mass is 352 g/mol. The summed E-state index contributed by atoms with van der Waals surface area (Å²) in [4.78, 5) is 12.6. The van der Waals surface area contributed by atoms with Gasteiger partial charge in [-0.15, -0.1) is 0 Å². The van der Waals surface area contributed by atoms with Gasteiger partial charge in [-0.05, 0) is 65.2 Å². The highest BCUT2D eigenvalue weighted by molar-refractivity contribution is 9.10. The van der Waals surface area contributed by atoms with Gasteiger partial charge in [-0.25, -0.2) is 0 Å². The van der Waals surface area contributed by atoms with Crippen LogP contribution in [0.5, 0.6) is 0 Å². The second kappa shape index (κ2) is 5.73. The van der Waals surface area contributed by atoms with Crippen LogP contribution in [-0.2, 0) is 0 Å². The summed E-state index contributed by atoms with van der Waals surface area (Å²) in [5, 5.41) is 6.85. The minimum absolute atomic E-state index is 0.0206. The largest absolute Gasteiger partial charge is 0.349 e. The highest BCUT2D eigenvalue weighted by Crippen LogP contribution is 2.29. The van der Waals surface area contributed by atoms with E-state index in [-0.39, 0.29) is 23.0 Å². The molecule has 0 atom stereocenters. The van der Waals surface area contributed by atoms with Gasteiger partial charge in [0.25, 0.3) is 5.91 Å². The first-order valence-electron chi connectivity index (χ1n) is 7.45. The molecule has 1 heterocycles. The van der Waals surface area contributed by atoms with Gasteiger partial charge in [0.1, 0.15) is 0 Å². The predicted molar refractivity (Wildman–Crippen MR) is 90.7 cm³/mol. The first-order chi connectivity index (χ1) is 9.60. The van der Waals surface area contributed by atoms with E-state index in [1.807, 2.05) is 25.1 Å². The third-order valence-electron chi connectivity index (χ3n) is 4.04. The molecule has 4 heteroatoms. The maximum Gasteiger partial charge on any atom is 0.251 e. The number of carbonyl (C=O) groups is 1. The quantitative estimate of drug-likeness (QED) is 0.849. The van der Waals surface area contributed by atoms with Crippen LogP contribution in [0.3, 0.4) is 0 Å². The molecule has 0 unspecified atom stereocenters. The van der Waals surface area contributed by atoms with Crippen LogP contribution in [0, 0.1) is 6.92 Å². The lowest BCUT2D eigenvalue weighted by molar-refractivity contribution is 0.0872. The topological polar surface area (TPSA) is 41.1 Å². The van der Waals surface area contributed by atoms with E-state index in [1.165, 1.54) is 0 Å². The molecular formula is C17H25BrN2O. The van der Waals surface area contributed by atoms with Crippen molar-refractivity contribution in [3.63, 3.8) is 0 Å². The van der Waals surface area contributed by atoms with Gasteiger partial charge in [0.05, 0.1) is 0 Å². The minimum atomic E-state index is 0.0206. The van der Waals surface area contributed by atoms with E-state index in [4.69, 9.17) is 0 Å². The summed E-state index contributed by atoms with van der Waals surface area (Å²) < 4.78 is 0.973. The standard InChI is InChI=1S/C17H25BrN2O/c1-11-13(7-6-8-14(11)18)15(21)19-12-9-16(2,3)20-17(4,5)10-12/h6-8,12,20H,9-10H2,1-5H3,(H,19,21). The number of piperidine rings is 1. The van der Waals surface area contributed by atoms with Crippen LogP contribution in [-0.4, -0.2) is 23.0 Å². The molecule has 3 nitrogen and oxygen atoms in total. The summed E-state index contributed by atoms with van der Waals surface area (Å²) in [5.74, 6) is 0.0206. The van der Waals surface area contributed by atoms with Crippen LogP contribution >= 0.6 is 15.9 Å². The zero-order valence-corrected chi connectivity index (χ0v) is 15.1. The zero-order valence-electron chi connectivity index (χ0n) is 13.5. The minimum Gasteiger partial charge on any atom is -0.349 e. The maximum absolute atomic E-state index is 12.6. The van der Waals surface area contributed by atoms with Crippen molar-refractivity contribution in [2.24, 2.45) is 0 Å². The van der Waals surface area contributed by atoms with Crippen LogP contribution in [0.15, 0.2) is 22.7 Å². The van der Waals surface area contributed by atoms with Crippen LogP contribution in [0.2, 0.25) is 0 Å². The smallest absolute Gasteiger partial charge is 0.251 e. The molecule has 1 fully saturated rings. The molecular weight excluding hydrogens is 328 g/mol. The van der Waals surface area contributed by atoms with Crippen molar-refractivity contribution in [3.8, 4) is 0 Å². The molecule has 0 radical (unpaired) electrons. The van der Waals surface area contributed by atoms with Gasteiger partial charge in [0.2, 0.25) is 0 Å². The molecule has 0 bridgehead atoms. The maximum atomic E-state index is 12.6. The van der Waals surface area contributed by atoms with Gasteiger partial charge >= 0.3 is 0 Å². The molecule has 1 aliphatic rings. The van der Waals surface area contributed by atoms with Crippen LogP contribution in [0.1, 0.15) is 56.5 Å². The Morgan fingerprint density at radius 1 is 1.24 bits per heavy atom. The number of carbonyl (C=O) groups excluding carboxylic acids is 1. The fourth-order valence-electron chi connectivity index (χ4n) is 3.54. The van der Waals surface area contributed by atoms with Crippen LogP contribution < -0.4 is 10.6 Å². The van der Waals surface area contributed by atoms with Crippen LogP contribution in [0.25, 0.3) is 0 Å². The second-order valence-corrected chi connectivity index (χ2v) is 8.24. The molecule has 0 spiro atoms. The van der Waals surface area contributed by atoms with Gasteiger partial charge in [0, 0.05) is 27.2 Å². The van der Waals surface area contributed by atoms with Crippen molar-refractivity contribution < 1.29 is 4.79 Å². The molecule has 0 aliphatic carbocycles. The molecule has 1 aliphatic heterocycles. The Morgan fingerprint density at radius 2 is 1.81 bits per heavy atom. The number of amides is 1. The molecule has 116 valence electrons. The first-order valence-corrected chi connectivity index (χ1v) is 8.24. The van der Waals surface area contributed by atoms with E-state index in [0.717, 1.165) is 28.4 Å². The highest BCUT2D eigenvalue weighted by Gasteiger charge is 2.38. The van der Waals surface area contributed by atoms with Gasteiger partial charge in [-0.2, -0.15) is 0 Å². The third-order valence-corrected chi connectivity index (χ3v) is 4.90. The molecule has 0 aromatic heterocycles. The highest BCUT2D eigenvalue weighted by atomic mass is 79.9. The van der Waals surface area contributed by atoms with Gasteiger partial charge in [0.15, 0.2) is 0 Å². The fourth-order valence-corrected chi connectivity index (χ4v) is 3.91. The Hall–Kier alpha value is -0.870. The SMILES string of the molecule is Cc1c(Br)cccc1C(=O)NC1CC(C)(C)NC(C)(C)C1. The van der Waals surface area contributed by atoms with Gasteiger partial charge in [-0.1, -0.05) is 22.0 Å². The molecule has 1 aromatic carbocycles. The number of hydrogen-bond acceptors (Lipinski definition) is 2. The van der Waals surface area contributed by atoms with Gasteiger partial charge < -0.3 is 10.6 Å². The third kappa shape index (κ3) is 4.07. The van der Waals surface area contributed by atoms with Crippen molar-refractivity contribution in [2.75, 3.05) is 0 Å². The van der Waals surface area contributed by atoms with E-state index in [1.54, 1.807) is 0 Å². The van der Waals surface area contributed by atoms with E-state index >= 15 is 0 Å². The molecule has 1 amide bonds. The van der Waals surface area contributed by atoms with Crippen molar-refractivity contribution in [3.05, 3.63) is 33.8 Å². The zero-order chi connectivity index (χ0) is 15.8. The Bertz CT molecular complexity index is 536. The summed E-state index contributed by atoms with van der Waals surface area (Å²) in [6, 6.07) is 5.94. The summed E-state index contributed by atoms with van der Waals surface area (Å²) in [7, 11) is 0. The second-order valence-electron chi connectivity index (χ2n) is 7.38. The molecule has 0 saturated carbocycles. The number of benzene rings is 1. The van der Waals surface area contributed by atoms with E-state index in [9.17, 15) is 4.79 Å². The Kier molecular flexibility index (Phi) is 4.50. The van der Waals surface area contributed by atoms with Crippen molar-refractivity contribution in [1.82, 2.24) is 10.6 Å². The van der Waals surface area contributed by atoms with E-state index in [2.05, 4.69) is 54.3 Å². The molecule has 1 saturated heterocycles. The summed E-state index contributed by atoms with van der Waals surface area (Å²) in [6.45, 7) is 10.7. The van der Waals surface area contributed by atoms with Crippen molar-refractivity contribution in [1.29, 1.82) is 0 Å². The molecule has 21 heavy (non-hydrogen) atoms. The molecule has 2 rings (SSSR count). The fraction of sp³-hybridized carbons (Fsp3) is 0.588. The molecule has 1 aromatic rings. The molecule has 2 N–H and O–H groups in total. The normalized spacial score (nSPS) is 21.0. The summed E-state index contributed by atoms with van der Waals surface area (Å²) in [5.41, 5.74) is 1.80. The average Bonchev–Trinajstić information content (AvgIpc) is 2.28. The number of rotatable bonds is 2. The number of nitrogens with one attached hydrogen (secondary N) is 2. The average molecular weight is 353 g/mol. The van der Waals surface area contributed by atoms with E-state index < -0.39 is 0 Å². The first kappa shape index (κ1) is 16.5. The number of hydrogen-bond donors (Lipinski definition) is 2.